The number of nitrogens with zero attached hydrogens (tertiary/aromatic N) is 2. The Labute approximate surface area is 199 Å². The summed E-state index contributed by atoms with van der Waals surface area (Å²) in [5.41, 5.74) is 2.59. The molecule has 0 bridgehead atoms. The molecule has 2 aromatic carbocycles. The summed E-state index contributed by atoms with van der Waals surface area (Å²) in [5.74, 6) is 2.38. The second-order valence-electron chi connectivity index (χ2n) is 8.88. The first-order valence-electron chi connectivity index (χ1n) is 11.5. The zero-order chi connectivity index (χ0) is 22.8. The van der Waals surface area contributed by atoms with Crippen molar-refractivity contribution in [3.05, 3.63) is 82.0 Å². The molecule has 5 rings (SSSR count). The minimum Gasteiger partial charge on any atom is -0.493 e. The number of fused-ring (bicyclic) bond motifs is 1. The van der Waals surface area contributed by atoms with Crippen molar-refractivity contribution in [1.29, 1.82) is 0 Å². The maximum Gasteiger partial charge on any atom is 0.263 e. The number of carbonyl (C=O) groups is 1. The Balaban J connectivity index is 1.44. The van der Waals surface area contributed by atoms with Crippen LogP contribution in [0.25, 0.3) is 0 Å². The van der Waals surface area contributed by atoms with Crippen LogP contribution in [0.3, 0.4) is 0 Å². The Morgan fingerprint density at radius 3 is 2.55 bits per heavy atom. The van der Waals surface area contributed by atoms with Crippen LogP contribution in [0.4, 0.5) is 0 Å². The molecule has 3 aromatic rings. The number of hydrogen-bond donors (Lipinski definition) is 0. The fourth-order valence-corrected chi connectivity index (χ4v) is 6.21. The smallest absolute Gasteiger partial charge is 0.263 e. The predicted octanol–water partition coefficient (Wildman–Crippen LogP) is 4.90. The summed E-state index contributed by atoms with van der Waals surface area (Å²) >= 11 is 1.53. The van der Waals surface area contributed by atoms with Crippen LogP contribution < -0.4 is 9.47 Å². The van der Waals surface area contributed by atoms with Crippen molar-refractivity contribution in [2.24, 2.45) is 5.92 Å². The van der Waals surface area contributed by atoms with Gasteiger partial charge in [-0.25, -0.2) is 0 Å². The lowest BCUT2D eigenvalue weighted by Gasteiger charge is -2.39. The maximum absolute atomic E-state index is 13.1. The van der Waals surface area contributed by atoms with E-state index < -0.39 is 0 Å². The van der Waals surface area contributed by atoms with Crippen molar-refractivity contribution in [3.8, 4) is 11.5 Å². The molecule has 3 atom stereocenters. The number of rotatable bonds is 6. The quantitative estimate of drug-likeness (QED) is 0.523. The molecule has 2 saturated heterocycles. The standard InChI is InChI=1S/C27H30N2O3S/c1-31-24-11-10-20(15-25(24)32-2)21-17-29(16-19-7-4-3-5-8-19)23-12-13-28(18-22(21)23)27(30)26-9-6-14-33-26/h3-11,14-15,21-23H,12-13,16-18H2,1-2H3/t21-,22-,23-/m1/s1. The normalized spacial score (nSPS) is 22.7. The molecule has 2 aliphatic heterocycles. The molecule has 172 valence electrons. The molecule has 5 nitrogen and oxygen atoms in total. The lowest BCUT2D eigenvalue weighted by molar-refractivity contribution is 0.0588. The van der Waals surface area contributed by atoms with Gasteiger partial charge in [0.25, 0.3) is 5.91 Å². The van der Waals surface area contributed by atoms with E-state index >= 15 is 0 Å². The van der Waals surface area contributed by atoms with Crippen molar-refractivity contribution in [2.75, 3.05) is 33.9 Å². The molecule has 0 spiro atoms. The summed E-state index contributed by atoms with van der Waals surface area (Å²) in [5, 5.41) is 1.98. The number of hydrogen-bond acceptors (Lipinski definition) is 5. The third-order valence-electron chi connectivity index (χ3n) is 7.12. The number of amides is 1. The van der Waals surface area contributed by atoms with Crippen molar-refractivity contribution in [1.82, 2.24) is 9.80 Å². The average molecular weight is 463 g/mol. The van der Waals surface area contributed by atoms with Gasteiger partial charge in [0.1, 0.15) is 0 Å². The number of likely N-dealkylation sites (tertiary alicyclic amines) is 2. The zero-order valence-electron chi connectivity index (χ0n) is 19.1. The van der Waals surface area contributed by atoms with E-state index in [1.807, 2.05) is 23.6 Å². The van der Waals surface area contributed by atoms with E-state index in [0.29, 0.717) is 17.9 Å². The number of benzene rings is 2. The minimum absolute atomic E-state index is 0.163. The second-order valence-corrected chi connectivity index (χ2v) is 9.83. The van der Waals surface area contributed by atoms with Crippen LogP contribution in [0, 0.1) is 5.92 Å². The molecule has 33 heavy (non-hydrogen) atoms. The van der Waals surface area contributed by atoms with E-state index in [9.17, 15) is 4.79 Å². The molecule has 1 amide bonds. The molecule has 6 heteroatoms. The van der Waals surface area contributed by atoms with Gasteiger partial charge in [0, 0.05) is 44.1 Å². The fourth-order valence-electron chi connectivity index (χ4n) is 5.52. The summed E-state index contributed by atoms with van der Waals surface area (Å²) in [6.45, 7) is 3.50. The number of methoxy groups -OCH3 is 2. The lowest BCUT2D eigenvalue weighted by atomic mass is 9.81. The van der Waals surface area contributed by atoms with Gasteiger partial charge in [0.05, 0.1) is 19.1 Å². The summed E-state index contributed by atoms with van der Waals surface area (Å²) in [6, 6.07) is 21.3. The van der Waals surface area contributed by atoms with E-state index in [1.54, 1.807) is 14.2 Å². The number of carbonyl (C=O) groups excluding carboxylic acids is 1. The van der Waals surface area contributed by atoms with Crippen molar-refractivity contribution >= 4 is 17.2 Å². The molecule has 1 aromatic heterocycles. The predicted molar refractivity (Wildman–Crippen MR) is 131 cm³/mol. The van der Waals surface area contributed by atoms with Crippen molar-refractivity contribution < 1.29 is 14.3 Å². The van der Waals surface area contributed by atoms with Crippen LogP contribution in [0.5, 0.6) is 11.5 Å². The highest BCUT2D eigenvalue weighted by Gasteiger charge is 2.46. The van der Waals surface area contributed by atoms with Gasteiger partial charge in [-0.3, -0.25) is 9.69 Å². The molecule has 2 aliphatic rings. The molecule has 0 radical (unpaired) electrons. The Morgan fingerprint density at radius 1 is 1.00 bits per heavy atom. The third kappa shape index (κ3) is 4.37. The summed E-state index contributed by atoms with van der Waals surface area (Å²) in [4.78, 5) is 18.6. The van der Waals surface area contributed by atoms with E-state index in [0.717, 1.165) is 49.0 Å². The first kappa shape index (κ1) is 22.0. The van der Waals surface area contributed by atoms with Crippen molar-refractivity contribution in [3.63, 3.8) is 0 Å². The summed E-state index contributed by atoms with van der Waals surface area (Å²) in [7, 11) is 3.35. The molecule has 0 aliphatic carbocycles. The van der Waals surface area contributed by atoms with Gasteiger partial charge < -0.3 is 14.4 Å². The molecule has 3 heterocycles. The van der Waals surface area contributed by atoms with Gasteiger partial charge in [-0.05, 0) is 41.1 Å². The number of thiophene rings is 1. The molecule has 0 saturated carbocycles. The van der Waals surface area contributed by atoms with Crippen molar-refractivity contribution in [2.45, 2.75) is 24.9 Å². The monoisotopic (exact) mass is 462 g/mol. The zero-order valence-corrected chi connectivity index (χ0v) is 20.0. The van der Waals surface area contributed by atoms with Gasteiger partial charge >= 0.3 is 0 Å². The molecular formula is C27H30N2O3S. The lowest BCUT2D eigenvalue weighted by Crippen LogP contribution is -2.48. The largest absolute Gasteiger partial charge is 0.493 e. The van der Waals surface area contributed by atoms with Crippen LogP contribution in [-0.4, -0.2) is 55.6 Å². The first-order chi connectivity index (χ1) is 16.2. The van der Waals surface area contributed by atoms with Gasteiger partial charge in [0.2, 0.25) is 0 Å². The highest BCUT2D eigenvalue weighted by atomic mass is 32.1. The summed E-state index contributed by atoms with van der Waals surface area (Å²) in [6.07, 6.45) is 0.998. The van der Waals surface area contributed by atoms with Crippen LogP contribution >= 0.6 is 11.3 Å². The van der Waals surface area contributed by atoms with Crippen LogP contribution in [0.1, 0.15) is 33.1 Å². The first-order valence-corrected chi connectivity index (χ1v) is 12.4. The average Bonchev–Trinajstić information content (AvgIpc) is 3.52. The van der Waals surface area contributed by atoms with Gasteiger partial charge in [0.15, 0.2) is 11.5 Å². The number of piperidine rings is 1. The van der Waals surface area contributed by atoms with E-state index in [1.165, 1.54) is 22.5 Å². The van der Waals surface area contributed by atoms with Crippen LogP contribution in [-0.2, 0) is 6.54 Å². The third-order valence-corrected chi connectivity index (χ3v) is 7.98. The second kappa shape index (κ2) is 9.57. The van der Waals surface area contributed by atoms with Crippen LogP contribution in [0.15, 0.2) is 66.0 Å². The van der Waals surface area contributed by atoms with Gasteiger partial charge in [-0.1, -0.05) is 42.5 Å². The minimum atomic E-state index is 0.163. The van der Waals surface area contributed by atoms with E-state index in [2.05, 4.69) is 52.3 Å². The van der Waals surface area contributed by atoms with Gasteiger partial charge in [-0.15, -0.1) is 11.3 Å². The fraction of sp³-hybridized carbons (Fsp3) is 0.370. The molecule has 2 fully saturated rings. The van der Waals surface area contributed by atoms with Crippen LogP contribution in [0.2, 0.25) is 0 Å². The number of ether oxygens (including phenoxy) is 2. The summed E-state index contributed by atoms with van der Waals surface area (Å²) < 4.78 is 11.1. The Kier molecular flexibility index (Phi) is 6.38. The van der Waals surface area contributed by atoms with E-state index in [-0.39, 0.29) is 5.91 Å². The SMILES string of the molecule is COc1ccc([C@H]2CN(Cc3ccccc3)[C@@H]3CCN(C(=O)c4cccs4)C[C@H]23)cc1OC. The highest BCUT2D eigenvalue weighted by molar-refractivity contribution is 7.12. The Bertz CT molecular complexity index is 1090. The topological polar surface area (TPSA) is 42.0 Å². The molecular weight excluding hydrogens is 432 g/mol. The Morgan fingerprint density at radius 2 is 1.82 bits per heavy atom. The van der Waals surface area contributed by atoms with E-state index in [4.69, 9.17) is 9.47 Å². The molecule has 0 unspecified atom stereocenters. The molecule has 0 N–H and O–H groups in total. The van der Waals surface area contributed by atoms with Gasteiger partial charge in [-0.2, -0.15) is 0 Å². The highest BCUT2D eigenvalue weighted by Crippen LogP contribution is 2.44. The maximum atomic E-state index is 13.1. The Hall–Kier alpha value is -2.83.